The third-order valence-corrected chi connectivity index (χ3v) is 4.98. The molecule has 1 N–H and O–H groups in total. The van der Waals surface area contributed by atoms with Gasteiger partial charge in [-0.1, -0.05) is 0 Å². The summed E-state index contributed by atoms with van der Waals surface area (Å²) >= 11 is 0. The largest absolute Gasteiger partial charge is 0.497 e. The summed E-state index contributed by atoms with van der Waals surface area (Å²) in [7, 11) is 1.62. The quantitative estimate of drug-likeness (QED) is 0.812. The third kappa shape index (κ3) is 5.75. The lowest BCUT2D eigenvalue weighted by atomic mass is 9.96. The van der Waals surface area contributed by atoms with Crippen LogP contribution in [0.2, 0.25) is 0 Å². The van der Waals surface area contributed by atoms with Crippen molar-refractivity contribution >= 4 is 12.0 Å². The van der Waals surface area contributed by atoms with Crippen molar-refractivity contribution in [2.45, 2.75) is 39.2 Å². The number of methoxy groups -OCH3 is 1. The van der Waals surface area contributed by atoms with Crippen molar-refractivity contribution in [3.63, 3.8) is 0 Å². The number of piperidine rings is 1. The first-order valence-electron chi connectivity index (χ1n) is 10.2. The average Bonchev–Trinajstić information content (AvgIpc) is 3.21. The molecule has 1 fully saturated rings. The molecule has 0 bridgehead atoms. The number of nitrogens with one attached hydrogen (secondary N) is 1. The first-order valence-corrected chi connectivity index (χ1v) is 10.2. The number of nitrogens with zero attached hydrogens (tertiary/aromatic N) is 3. The van der Waals surface area contributed by atoms with E-state index in [-0.39, 0.29) is 5.91 Å². The lowest BCUT2D eigenvalue weighted by Crippen LogP contribution is -2.42. The lowest BCUT2D eigenvalue weighted by molar-refractivity contribution is 0.0499. The maximum absolute atomic E-state index is 12.8. The minimum atomic E-state index is -0.505. The Morgan fingerprint density at radius 2 is 1.80 bits per heavy atom. The highest BCUT2D eigenvalue weighted by Gasteiger charge is 2.26. The highest BCUT2D eigenvalue weighted by atomic mass is 16.6. The summed E-state index contributed by atoms with van der Waals surface area (Å²) in [5, 5.41) is 7.26. The fourth-order valence-electron chi connectivity index (χ4n) is 3.36. The summed E-state index contributed by atoms with van der Waals surface area (Å²) in [6.45, 7) is 7.37. The first kappa shape index (κ1) is 21.7. The van der Waals surface area contributed by atoms with E-state index in [1.165, 1.54) is 0 Å². The van der Waals surface area contributed by atoms with Gasteiger partial charge in [-0.3, -0.25) is 4.79 Å². The maximum Gasteiger partial charge on any atom is 0.407 e. The average molecular weight is 415 g/mol. The molecule has 2 aromatic rings. The van der Waals surface area contributed by atoms with Gasteiger partial charge in [0.15, 0.2) is 5.69 Å². The van der Waals surface area contributed by atoms with E-state index in [2.05, 4.69) is 10.4 Å². The molecule has 1 saturated heterocycles. The molecule has 0 radical (unpaired) electrons. The molecule has 30 heavy (non-hydrogen) atoms. The van der Waals surface area contributed by atoms with Crippen LogP contribution in [0, 0.1) is 5.92 Å². The minimum Gasteiger partial charge on any atom is -0.497 e. The third-order valence-electron chi connectivity index (χ3n) is 4.98. The molecule has 162 valence electrons. The van der Waals surface area contributed by atoms with Crippen LogP contribution in [0.25, 0.3) is 5.69 Å². The maximum atomic E-state index is 12.8. The molecule has 2 heterocycles. The summed E-state index contributed by atoms with van der Waals surface area (Å²) in [6, 6.07) is 9.23. The Bertz CT molecular complexity index is 862. The van der Waals surface area contributed by atoms with Gasteiger partial charge in [0, 0.05) is 25.8 Å². The number of ether oxygens (including phenoxy) is 2. The van der Waals surface area contributed by atoms with Crippen LogP contribution in [-0.2, 0) is 4.74 Å². The summed E-state index contributed by atoms with van der Waals surface area (Å²) < 4.78 is 12.1. The van der Waals surface area contributed by atoms with E-state index in [1.807, 2.05) is 49.9 Å². The monoisotopic (exact) mass is 414 g/mol. The molecule has 0 aliphatic carbocycles. The second-order valence-corrected chi connectivity index (χ2v) is 8.46. The lowest BCUT2D eigenvalue weighted by Gasteiger charge is -2.31. The number of hydrogen-bond acceptors (Lipinski definition) is 5. The van der Waals surface area contributed by atoms with Crippen molar-refractivity contribution in [2.24, 2.45) is 5.92 Å². The molecule has 8 nitrogen and oxygen atoms in total. The van der Waals surface area contributed by atoms with Crippen LogP contribution in [0.1, 0.15) is 44.1 Å². The molecule has 1 aliphatic heterocycles. The summed E-state index contributed by atoms with van der Waals surface area (Å²) in [4.78, 5) is 26.4. The Balaban J connectivity index is 1.49. The fourth-order valence-corrected chi connectivity index (χ4v) is 3.36. The molecule has 1 aliphatic rings. The Morgan fingerprint density at radius 3 is 2.40 bits per heavy atom. The number of carbonyl (C=O) groups excluding carboxylic acids is 2. The van der Waals surface area contributed by atoms with E-state index in [9.17, 15) is 9.59 Å². The van der Waals surface area contributed by atoms with Crippen LogP contribution in [0.4, 0.5) is 4.79 Å². The van der Waals surface area contributed by atoms with E-state index < -0.39 is 11.7 Å². The number of hydrogen-bond donors (Lipinski definition) is 1. The zero-order valence-electron chi connectivity index (χ0n) is 18.1. The van der Waals surface area contributed by atoms with Crippen molar-refractivity contribution in [1.29, 1.82) is 0 Å². The number of alkyl carbamates (subject to hydrolysis) is 1. The van der Waals surface area contributed by atoms with Crippen LogP contribution < -0.4 is 10.1 Å². The molecular weight excluding hydrogens is 384 g/mol. The number of aromatic nitrogens is 2. The van der Waals surface area contributed by atoms with Crippen molar-refractivity contribution in [1.82, 2.24) is 20.0 Å². The summed E-state index contributed by atoms with van der Waals surface area (Å²) in [5.41, 5.74) is 0.785. The van der Waals surface area contributed by atoms with Gasteiger partial charge < -0.3 is 19.7 Å². The Kier molecular flexibility index (Phi) is 6.64. The van der Waals surface area contributed by atoms with Crippen molar-refractivity contribution < 1.29 is 19.1 Å². The second kappa shape index (κ2) is 9.19. The molecule has 0 unspecified atom stereocenters. The number of amides is 2. The van der Waals surface area contributed by atoms with Gasteiger partial charge >= 0.3 is 6.09 Å². The molecule has 3 rings (SSSR count). The standard InChI is InChI=1S/C22H30N4O4/c1-22(2,3)30-21(28)23-15-16-9-12-25(13-10-16)20(27)19-11-14-26(24-19)17-5-7-18(29-4)8-6-17/h5-8,11,14,16H,9-10,12-13,15H2,1-4H3,(H,23,28). The van der Waals surface area contributed by atoms with Gasteiger partial charge in [-0.05, 0) is 69.9 Å². The highest BCUT2D eigenvalue weighted by Crippen LogP contribution is 2.19. The van der Waals surface area contributed by atoms with Crippen LogP contribution in [-0.4, -0.2) is 59.0 Å². The molecule has 0 atom stereocenters. The van der Waals surface area contributed by atoms with Crippen LogP contribution >= 0.6 is 0 Å². The predicted molar refractivity (Wildman–Crippen MR) is 113 cm³/mol. The van der Waals surface area contributed by atoms with E-state index in [4.69, 9.17) is 9.47 Å². The fraction of sp³-hybridized carbons (Fsp3) is 0.500. The van der Waals surface area contributed by atoms with Gasteiger partial charge in [0.1, 0.15) is 11.4 Å². The van der Waals surface area contributed by atoms with E-state index in [1.54, 1.807) is 24.1 Å². The molecule has 0 spiro atoms. The molecule has 1 aromatic heterocycles. The van der Waals surface area contributed by atoms with Crippen LogP contribution in [0.15, 0.2) is 36.5 Å². The Morgan fingerprint density at radius 1 is 1.13 bits per heavy atom. The van der Waals surface area contributed by atoms with Crippen LogP contribution in [0.3, 0.4) is 0 Å². The smallest absolute Gasteiger partial charge is 0.407 e. The number of likely N-dealkylation sites (tertiary alicyclic amines) is 1. The Hall–Kier alpha value is -3.03. The Labute approximate surface area is 177 Å². The van der Waals surface area contributed by atoms with E-state index in [0.29, 0.717) is 31.2 Å². The predicted octanol–water partition coefficient (Wildman–Crippen LogP) is 3.26. The molecule has 2 amide bonds. The van der Waals surface area contributed by atoms with E-state index in [0.717, 1.165) is 24.3 Å². The molecular formula is C22H30N4O4. The van der Waals surface area contributed by atoms with Gasteiger partial charge in [-0.25, -0.2) is 9.48 Å². The number of carbonyl (C=O) groups is 2. The van der Waals surface area contributed by atoms with Crippen molar-refractivity contribution in [2.75, 3.05) is 26.7 Å². The number of rotatable bonds is 5. The van der Waals surface area contributed by atoms with Crippen molar-refractivity contribution in [3.8, 4) is 11.4 Å². The zero-order valence-corrected chi connectivity index (χ0v) is 18.1. The van der Waals surface area contributed by atoms with Gasteiger partial charge in [0.25, 0.3) is 5.91 Å². The zero-order chi connectivity index (χ0) is 21.7. The number of benzene rings is 1. The topological polar surface area (TPSA) is 85.7 Å². The minimum absolute atomic E-state index is 0.0687. The van der Waals surface area contributed by atoms with E-state index >= 15 is 0 Å². The van der Waals surface area contributed by atoms with Gasteiger partial charge in [-0.15, -0.1) is 0 Å². The SMILES string of the molecule is COc1ccc(-n2ccc(C(=O)N3CCC(CNC(=O)OC(C)(C)C)CC3)n2)cc1. The summed E-state index contributed by atoms with van der Waals surface area (Å²) in [6.07, 6.45) is 3.05. The van der Waals surface area contributed by atoms with Crippen LogP contribution in [0.5, 0.6) is 5.75 Å². The molecule has 1 aromatic carbocycles. The van der Waals surface area contributed by atoms with Gasteiger partial charge in [0.05, 0.1) is 12.8 Å². The van der Waals surface area contributed by atoms with Gasteiger partial charge in [0.2, 0.25) is 0 Å². The van der Waals surface area contributed by atoms with Gasteiger partial charge in [-0.2, -0.15) is 5.10 Å². The second-order valence-electron chi connectivity index (χ2n) is 8.46. The van der Waals surface area contributed by atoms with Crippen molar-refractivity contribution in [3.05, 3.63) is 42.2 Å². The normalized spacial score (nSPS) is 15.0. The molecule has 0 saturated carbocycles. The molecule has 8 heteroatoms. The summed E-state index contributed by atoms with van der Waals surface area (Å²) in [5.74, 6) is 1.03. The highest BCUT2D eigenvalue weighted by molar-refractivity contribution is 5.92. The first-order chi connectivity index (χ1) is 14.2.